The van der Waals surface area contributed by atoms with E-state index in [-0.39, 0.29) is 0 Å². The van der Waals surface area contributed by atoms with Crippen molar-refractivity contribution in [3.63, 3.8) is 0 Å². The summed E-state index contributed by atoms with van der Waals surface area (Å²) in [7, 11) is 0. The third kappa shape index (κ3) is 26.5. The summed E-state index contributed by atoms with van der Waals surface area (Å²) in [4.78, 5) is 50.0. The maximum Gasteiger partial charge on any atom is 0.257 e. The Hall–Kier alpha value is -15.0. The van der Waals surface area contributed by atoms with Crippen LogP contribution in [0, 0.1) is 83.1 Å². The first kappa shape index (κ1) is 92.2. The molecule has 624 valence electrons. The van der Waals surface area contributed by atoms with Gasteiger partial charge in [0, 0.05) is 108 Å². The minimum absolute atomic E-state index is 0.477. The summed E-state index contributed by atoms with van der Waals surface area (Å²) >= 11 is 0. The third-order valence-electron chi connectivity index (χ3n) is 14.6. The largest absolute Gasteiger partial charge is 0.339 e. The fourth-order valence-electron chi connectivity index (χ4n) is 9.64. The van der Waals surface area contributed by atoms with Gasteiger partial charge < -0.3 is 54.3 Å². The molecule has 12 aromatic heterocycles. The van der Waals surface area contributed by atoms with Crippen LogP contribution < -0.4 is 0 Å². The highest BCUT2D eigenvalue weighted by Gasteiger charge is 2.17. The smallest absolute Gasteiger partial charge is 0.257 e. The lowest BCUT2D eigenvalue weighted by Gasteiger charge is -1.97. The monoisotopic (exact) mass is 1630 g/mol. The average molecular weight is 1630 g/mol. The first-order chi connectivity index (χ1) is 58.3. The van der Waals surface area contributed by atoms with Crippen LogP contribution >= 0.6 is 0 Å². The van der Waals surface area contributed by atoms with Crippen LogP contribution in [-0.4, -0.2) is 122 Å². The first-order valence-corrected chi connectivity index (χ1v) is 38.6. The van der Waals surface area contributed by atoms with Crippen LogP contribution in [0.2, 0.25) is 0 Å². The molecule has 0 aliphatic heterocycles. The SMILES string of the molecule is CC.CC.CC.CC.CC.CC.Cc1nc(-c2ccc(-c3noc(C)n3)cc2)no1.Cc1nc(-c2cccc(-c3noc(C)n3)c2)no1.Cc1noc(-c2ccc(-c3nc(C)no3)cc2)n1.Cc1noc(-c2ccc(-c3noc(C)n3)cc2)n1.Cc1noc(-c2cccc(-c3nc(C)no3)c2)n1.Cc1noc(-c2cccc(-c3noc(C)n3)c2)n1. The summed E-state index contributed by atoms with van der Waals surface area (Å²) < 4.78 is 60.3. The van der Waals surface area contributed by atoms with Crippen LogP contribution in [-0.2, 0) is 0 Å². The van der Waals surface area contributed by atoms with Crippen molar-refractivity contribution in [3.8, 4) is 137 Å². The van der Waals surface area contributed by atoms with Crippen molar-refractivity contribution in [1.29, 1.82) is 0 Å². The minimum Gasteiger partial charge on any atom is -0.339 e. The van der Waals surface area contributed by atoms with Gasteiger partial charge in [0.05, 0.1) is 0 Å². The van der Waals surface area contributed by atoms with E-state index in [0.29, 0.717) is 141 Å². The van der Waals surface area contributed by atoms with E-state index >= 15 is 0 Å². The predicted octanol–water partition coefficient (Wildman–Crippen LogP) is 20.6. The van der Waals surface area contributed by atoms with Gasteiger partial charge >= 0.3 is 0 Å². The van der Waals surface area contributed by atoms with Crippen molar-refractivity contribution < 1.29 is 54.3 Å². The topological polar surface area (TPSA) is 467 Å². The number of hydrogen-bond acceptors (Lipinski definition) is 36. The molecule has 0 unspecified atom stereocenters. The van der Waals surface area contributed by atoms with Crippen molar-refractivity contribution >= 4 is 0 Å². The van der Waals surface area contributed by atoms with Gasteiger partial charge in [-0.1, -0.05) is 218 Å². The molecular weight excluding hydrogens is 1540 g/mol. The van der Waals surface area contributed by atoms with Gasteiger partial charge in [0.1, 0.15) is 0 Å². The standard InChI is InChI=1S/6C12H10N4O2.6C2H6/c1-7-13-12(18-15-7)10-5-3-9(4-6-10)11-14-8(2)17-16-11;1-7-13-11(15-17-7)9-3-5-10(6-4-9)12-14-8(2)18-16-12;1-7-13-11(17-15-7)9-3-5-10(6-4-9)12-14-8(2)16-18-12;1-7-13-12(18-15-7)10-5-3-4-9(6-10)11-14-8(2)17-16-11;1-7-13-11(15-17-7)9-4-3-5-10(6-9)12-14-8(2)18-16-12;1-7-13-11(17-15-7)9-4-3-5-10(6-9)12-14-8(2)16-18-12;6*1-2/h6*3-6H,1-2H3;6*1-2H3. The highest BCUT2D eigenvalue weighted by Crippen LogP contribution is 2.30. The lowest BCUT2D eigenvalue weighted by Crippen LogP contribution is -1.85. The summed E-state index contributed by atoms with van der Waals surface area (Å²) in [6, 6.07) is 45.3. The predicted molar refractivity (Wildman–Crippen MR) is 443 cm³/mol. The second-order valence-corrected chi connectivity index (χ2v) is 23.2. The summed E-state index contributed by atoms with van der Waals surface area (Å²) in [6.45, 7) is 45.2. The zero-order chi connectivity index (χ0) is 87.2. The van der Waals surface area contributed by atoms with Crippen molar-refractivity contribution in [2.75, 3.05) is 0 Å². The zero-order valence-corrected chi connectivity index (χ0v) is 71.5. The van der Waals surface area contributed by atoms with Crippen LogP contribution in [0.4, 0.5) is 0 Å². The van der Waals surface area contributed by atoms with E-state index in [1.54, 1.807) is 83.1 Å². The Morgan fingerprint density at radius 2 is 0.300 bits per heavy atom. The molecule has 0 saturated heterocycles. The van der Waals surface area contributed by atoms with Crippen molar-refractivity contribution in [1.82, 2.24) is 122 Å². The molecule has 18 aromatic rings. The van der Waals surface area contributed by atoms with Crippen LogP contribution in [0.3, 0.4) is 0 Å². The molecule has 6 aromatic carbocycles. The molecule has 0 saturated carbocycles. The summed E-state index contributed by atoms with van der Waals surface area (Å²) in [5, 5.41) is 45.7. The van der Waals surface area contributed by atoms with Crippen LogP contribution in [0.25, 0.3) is 137 Å². The second-order valence-electron chi connectivity index (χ2n) is 23.2. The quantitative estimate of drug-likeness (QED) is 0.110. The molecule has 18 rings (SSSR count). The summed E-state index contributed by atoms with van der Waals surface area (Å²) in [6.07, 6.45) is 0. The lowest BCUT2D eigenvalue weighted by molar-refractivity contribution is 0.394. The van der Waals surface area contributed by atoms with Gasteiger partial charge in [-0.05, 0) is 114 Å². The Morgan fingerprint density at radius 3 is 0.467 bits per heavy atom. The molecular formula is C84H96N24O12. The van der Waals surface area contributed by atoms with Gasteiger partial charge in [-0.15, -0.1) is 0 Å². The summed E-state index contributed by atoms with van der Waals surface area (Å²) in [5.74, 6) is 13.2. The minimum atomic E-state index is 0.477. The lowest BCUT2D eigenvalue weighted by atomic mass is 10.1. The maximum absolute atomic E-state index is 5.12. The van der Waals surface area contributed by atoms with Gasteiger partial charge in [0.25, 0.3) is 35.3 Å². The van der Waals surface area contributed by atoms with Gasteiger partial charge in [-0.2, -0.15) is 59.8 Å². The van der Waals surface area contributed by atoms with Gasteiger partial charge in [-0.3, -0.25) is 0 Å². The second kappa shape index (κ2) is 47.1. The fourth-order valence-corrected chi connectivity index (χ4v) is 9.64. The molecule has 0 aliphatic carbocycles. The van der Waals surface area contributed by atoms with E-state index in [0.717, 1.165) is 66.8 Å². The van der Waals surface area contributed by atoms with Crippen LogP contribution in [0.1, 0.15) is 153 Å². The molecule has 0 amide bonds. The number of benzene rings is 6. The highest BCUT2D eigenvalue weighted by molar-refractivity contribution is 5.69. The molecule has 0 bridgehead atoms. The van der Waals surface area contributed by atoms with Crippen LogP contribution in [0.5, 0.6) is 0 Å². The Labute approximate surface area is 691 Å². The number of nitrogens with zero attached hydrogens (tertiary/aromatic N) is 24. The number of rotatable bonds is 12. The van der Waals surface area contributed by atoms with Gasteiger partial charge in [-0.25, -0.2) is 0 Å². The van der Waals surface area contributed by atoms with Crippen molar-refractivity contribution in [2.24, 2.45) is 0 Å². The normalized spacial score (nSPS) is 10.0. The Morgan fingerprint density at radius 1 is 0.150 bits per heavy atom. The van der Waals surface area contributed by atoms with E-state index in [1.165, 1.54) is 0 Å². The van der Waals surface area contributed by atoms with E-state index < -0.39 is 0 Å². The van der Waals surface area contributed by atoms with Gasteiger partial charge in [0.2, 0.25) is 70.3 Å². The Bertz CT molecular complexity index is 5020. The van der Waals surface area contributed by atoms with Gasteiger partial charge in [0.15, 0.2) is 34.9 Å². The molecule has 0 N–H and O–H groups in total. The molecule has 0 fully saturated rings. The Kier molecular flexibility index (Phi) is 36.2. The molecule has 0 radical (unpaired) electrons. The summed E-state index contributed by atoms with van der Waals surface area (Å²) in [5.41, 5.74) is 10.3. The molecule has 36 heteroatoms. The van der Waals surface area contributed by atoms with E-state index in [1.807, 2.05) is 229 Å². The number of aryl methyl sites for hydroxylation is 12. The maximum atomic E-state index is 5.12. The third-order valence-corrected chi connectivity index (χ3v) is 14.6. The highest BCUT2D eigenvalue weighted by atomic mass is 16.5. The number of aromatic nitrogens is 24. The molecule has 12 heterocycles. The first-order valence-electron chi connectivity index (χ1n) is 38.6. The average Bonchev–Trinajstić information content (AvgIpc) is 1.70. The fraction of sp³-hybridized carbons (Fsp3) is 0.286. The molecule has 36 nitrogen and oxygen atoms in total. The molecule has 0 aliphatic rings. The van der Waals surface area contributed by atoms with Crippen LogP contribution in [0.15, 0.2) is 200 Å². The van der Waals surface area contributed by atoms with Crippen molar-refractivity contribution in [3.05, 3.63) is 216 Å². The molecule has 0 atom stereocenters. The zero-order valence-electron chi connectivity index (χ0n) is 71.5. The molecule has 120 heavy (non-hydrogen) atoms. The molecule has 0 spiro atoms. The van der Waals surface area contributed by atoms with E-state index in [9.17, 15) is 0 Å². The van der Waals surface area contributed by atoms with E-state index in [4.69, 9.17) is 54.3 Å². The van der Waals surface area contributed by atoms with E-state index in [2.05, 4.69) is 122 Å². The Balaban J connectivity index is 0.000000193. The van der Waals surface area contributed by atoms with Crippen molar-refractivity contribution in [2.45, 2.75) is 166 Å². The number of hydrogen-bond donors (Lipinski definition) is 0.